The molecule has 0 saturated carbocycles. The zero-order valence-corrected chi connectivity index (χ0v) is 16.0. The van der Waals surface area contributed by atoms with Crippen LogP contribution < -0.4 is 11.0 Å². The van der Waals surface area contributed by atoms with Gasteiger partial charge < -0.3 is 5.43 Å². The minimum Gasteiger partial charge on any atom is -0.309 e. The topological polar surface area (TPSA) is 59.3 Å². The lowest BCUT2D eigenvalue weighted by Gasteiger charge is -2.18. The van der Waals surface area contributed by atoms with Crippen LogP contribution in [0.1, 0.15) is 22.9 Å². The van der Waals surface area contributed by atoms with E-state index in [0.29, 0.717) is 23.3 Å². The Morgan fingerprint density at radius 2 is 1.66 bits per heavy atom. The summed E-state index contributed by atoms with van der Waals surface area (Å²) in [7, 11) is 0. The molecule has 5 heteroatoms. The second-order valence-electron chi connectivity index (χ2n) is 7.20. The van der Waals surface area contributed by atoms with Gasteiger partial charge in [0.15, 0.2) is 5.82 Å². The summed E-state index contributed by atoms with van der Waals surface area (Å²) in [5.74, 6) is 0.612. The van der Waals surface area contributed by atoms with Crippen molar-refractivity contribution in [3.8, 4) is 5.69 Å². The number of fused-ring (bicyclic) bond motifs is 1. The number of rotatable bonds is 3. The van der Waals surface area contributed by atoms with Gasteiger partial charge >= 0.3 is 0 Å². The Morgan fingerprint density at radius 3 is 2.48 bits per heavy atom. The van der Waals surface area contributed by atoms with Gasteiger partial charge in [-0.05, 0) is 36.2 Å². The van der Waals surface area contributed by atoms with Gasteiger partial charge in [-0.1, -0.05) is 60.7 Å². The average molecular weight is 380 g/mol. The van der Waals surface area contributed by atoms with Gasteiger partial charge in [-0.3, -0.25) is 9.36 Å². The molecule has 142 valence electrons. The first-order valence-electron chi connectivity index (χ1n) is 9.67. The van der Waals surface area contributed by atoms with E-state index in [1.807, 2.05) is 73.7 Å². The largest absolute Gasteiger partial charge is 0.309 e. The zero-order chi connectivity index (χ0) is 19.8. The maximum atomic E-state index is 13.5. The van der Waals surface area contributed by atoms with Crippen molar-refractivity contribution in [2.75, 3.05) is 6.54 Å². The van der Waals surface area contributed by atoms with E-state index < -0.39 is 0 Å². The molecule has 5 rings (SSSR count). The van der Waals surface area contributed by atoms with Crippen LogP contribution in [0, 0.1) is 6.92 Å². The number of hydrogen-bond acceptors (Lipinski definition) is 4. The number of aryl methyl sites for hydroxylation is 1. The normalized spacial score (nSPS) is 15.9. The van der Waals surface area contributed by atoms with Gasteiger partial charge in [0.1, 0.15) is 5.71 Å². The highest BCUT2D eigenvalue weighted by Crippen LogP contribution is 2.26. The molecule has 0 amide bonds. The molecule has 1 aliphatic rings. The molecule has 1 atom stereocenters. The van der Waals surface area contributed by atoms with Crippen molar-refractivity contribution in [1.82, 2.24) is 15.0 Å². The predicted octanol–water partition coefficient (Wildman–Crippen LogP) is 3.79. The fourth-order valence-corrected chi connectivity index (χ4v) is 3.91. The number of nitrogens with one attached hydrogen (secondary N) is 1. The summed E-state index contributed by atoms with van der Waals surface area (Å²) in [4.78, 5) is 18.5. The summed E-state index contributed by atoms with van der Waals surface area (Å²) in [6.07, 6.45) is 0. The first kappa shape index (κ1) is 17.4. The molecule has 0 radical (unpaired) electrons. The lowest BCUT2D eigenvalue weighted by molar-refractivity contribution is 0.763. The maximum absolute atomic E-state index is 13.5. The van der Waals surface area contributed by atoms with Crippen molar-refractivity contribution >= 4 is 16.6 Å². The molecule has 2 heterocycles. The summed E-state index contributed by atoms with van der Waals surface area (Å²) in [6, 6.07) is 25.6. The number of para-hydroxylation sites is 2. The van der Waals surface area contributed by atoms with E-state index in [2.05, 4.69) is 22.7 Å². The lowest BCUT2D eigenvalue weighted by Crippen LogP contribution is -2.29. The Kier molecular flexibility index (Phi) is 4.21. The van der Waals surface area contributed by atoms with Crippen molar-refractivity contribution in [1.29, 1.82) is 0 Å². The Hall–Kier alpha value is -3.73. The third kappa shape index (κ3) is 2.91. The van der Waals surface area contributed by atoms with Gasteiger partial charge in [-0.15, -0.1) is 0 Å². The van der Waals surface area contributed by atoms with Crippen LogP contribution in [0.3, 0.4) is 0 Å². The van der Waals surface area contributed by atoms with Crippen LogP contribution in [0.15, 0.2) is 88.8 Å². The van der Waals surface area contributed by atoms with Crippen molar-refractivity contribution in [2.45, 2.75) is 12.8 Å². The van der Waals surface area contributed by atoms with E-state index >= 15 is 0 Å². The highest BCUT2D eigenvalue weighted by atomic mass is 16.1. The third-order valence-corrected chi connectivity index (χ3v) is 5.39. The Balaban J connectivity index is 1.80. The molecular weight excluding hydrogens is 360 g/mol. The average Bonchev–Trinajstić information content (AvgIpc) is 3.25. The number of hydrogen-bond donors (Lipinski definition) is 1. The molecule has 4 aromatic rings. The van der Waals surface area contributed by atoms with Crippen molar-refractivity contribution in [3.05, 3.63) is 106 Å². The lowest BCUT2D eigenvalue weighted by atomic mass is 9.94. The first-order valence-corrected chi connectivity index (χ1v) is 9.67. The SMILES string of the molecule is Cc1ccccc1-n1c(C2=NNCC2c2ccccc2)nc2ccccc2c1=O. The molecule has 0 saturated heterocycles. The van der Waals surface area contributed by atoms with Crippen molar-refractivity contribution in [2.24, 2.45) is 5.10 Å². The second kappa shape index (κ2) is 7.02. The van der Waals surface area contributed by atoms with Crippen LogP contribution in [0.5, 0.6) is 0 Å². The van der Waals surface area contributed by atoms with Crippen molar-refractivity contribution in [3.63, 3.8) is 0 Å². The van der Waals surface area contributed by atoms with Crippen LogP contribution >= 0.6 is 0 Å². The standard InChI is InChI=1S/C24H20N4O/c1-16-9-5-8-14-21(16)28-23(26-20-13-7-6-12-18(20)24(28)29)22-19(15-25-27-22)17-10-3-2-4-11-17/h2-14,19,25H,15H2,1H3. The van der Waals surface area contributed by atoms with E-state index in [0.717, 1.165) is 22.5 Å². The smallest absolute Gasteiger partial charge is 0.266 e. The molecule has 1 N–H and O–H groups in total. The Bertz CT molecular complexity index is 1290. The highest BCUT2D eigenvalue weighted by molar-refractivity contribution is 6.05. The fraction of sp³-hybridized carbons (Fsp3) is 0.125. The van der Waals surface area contributed by atoms with Crippen LogP contribution in [-0.2, 0) is 0 Å². The number of nitrogens with zero attached hydrogens (tertiary/aromatic N) is 3. The fourth-order valence-electron chi connectivity index (χ4n) is 3.91. The quantitative estimate of drug-likeness (QED) is 0.588. The summed E-state index contributed by atoms with van der Waals surface area (Å²) in [5.41, 5.74) is 7.47. The van der Waals surface area contributed by atoms with E-state index in [1.54, 1.807) is 4.57 Å². The highest BCUT2D eigenvalue weighted by Gasteiger charge is 2.29. The third-order valence-electron chi connectivity index (χ3n) is 5.39. The molecule has 1 aliphatic heterocycles. The number of hydrazone groups is 1. The van der Waals surface area contributed by atoms with Gasteiger partial charge in [0.2, 0.25) is 0 Å². The zero-order valence-electron chi connectivity index (χ0n) is 16.0. The Morgan fingerprint density at radius 1 is 0.931 bits per heavy atom. The molecule has 1 aromatic heterocycles. The van der Waals surface area contributed by atoms with Crippen LogP contribution in [0.25, 0.3) is 16.6 Å². The second-order valence-corrected chi connectivity index (χ2v) is 7.20. The molecule has 0 spiro atoms. The molecule has 0 aliphatic carbocycles. The van der Waals surface area contributed by atoms with Crippen LogP contribution in [0.2, 0.25) is 0 Å². The van der Waals surface area contributed by atoms with Gasteiger partial charge in [0.25, 0.3) is 5.56 Å². The van der Waals surface area contributed by atoms with E-state index in [4.69, 9.17) is 4.98 Å². The number of aromatic nitrogens is 2. The van der Waals surface area contributed by atoms with E-state index in [1.165, 1.54) is 0 Å². The molecule has 0 fully saturated rings. The molecule has 3 aromatic carbocycles. The van der Waals surface area contributed by atoms with E-state index in [9.17, 15) is 4.79 Å². The molecule has 0 bridgehead atoms. The number of benzene rings is 3. The molecule has 1 unspecified atom stereocenters. The maximum Gasteiger partial charge on any atom is 0.266 e. The van der Waals surface area contributed by atoms with Crippen LogP contribution in [0.4, 0.5) is 0 Å². The molecule has 29 heavy (non-hydrogen) atoms. The van der Waals surface area contributed by atoms with Crippen molar-refractivity contribution < 1.29 is 0 Å². The van der Waals surface area contributed by atoms with E-state index in [-0.39, 0.29) is 11.5 Å². The van der Waals surface area contributed by atoms with Gasteiger partial charge in [0.05, 0.1) is 22.5 Å². The van der Waals surface area contributed by atoms with Gasteiger partial charge in [-0.25, -0.2) is 4.98 Å². The van der Waals surface area contributed by atoms with Gasteiger partial charge in [0, 0.05) is 6.54 Å². The summed E-state index contributed by atoms with van der Waals surface area (Å²) in [6.45, 7) is 2.68. The van der Waals surface area contributed by atoms with Gasteiger partial charge in [-0.2, -0.15) is 5.10 Å². The minimum atomic E-state index is -0.0821. The Labute approximate surface area is 168 Å². The summed E-state index contributed by atoms with van der Waals surface area (Å²) >= 11 is 0. The molecular formula is C24H20N4O. The first-order chi connectivity index (χ1) is 14.2. The monoisotopic (exact) mass is 380 g/mol. The predicted molar refractivity (Wildman–Crippen MR) is 116 cm³/mol. The van der Waals surface area contributed by atoms with Crippen LogP contribution in [-0.4, -0.2) is 21.8 Å². The summed E-state index contributed by atoms with van der Waals surface area (Å²) < 4.78 is 1.71. The molecule has 5 nitrogen and oxygen atoms in total. The minimum absolute atomic E-state index is 0.0273. The summed E-state index contributed by atoms with van der Waals surface area (Å²) in [5, 5.41) is 5.17.